The van der Waals surface area contributed by atoms with Crippen LogP contribution in [0.3, 0.4) is 0 Å². The summed E-state index contributed by atoms with van der Waals surface area (Å²) in [6.07, 6.45) is -0.827. The van der Waals surface area contributed by atoms with Crippen LogP contribution in [-0.4, -0.2) is 41.1 Å². The molecule has 192 valence electrons. The lowest BCUT2D eigenvalue weighted by molar-refractivity contribution is 0.0914. The second-order valence-electron chi connectivity index (χ2n) is 9.46. The quantitative estimate of drug-likeness (QED) is 0.291. The van der Waals surface area contributed by atoms with E-state index < -0.39 is 12.2 Å². The van der Waals surface area contributed by atoms with Gasteiger partial charge in [0.2, 0.25) is 5.89 Å². The Labute approximate surface area is 228 Å². The van der Waals surface area contributed by atoms with Crippen LogP contribution in [0, 0.1) is 11.3 Å². The summed E-state index contributed by atoms with van der Waals surface area (Å²) in [6.45, 7) is 5.11. The van der Waals surface area contributed by atoms with Gasteiger partial charge in [0.25, 0.3) is 5.91 Å². The molecular formula is C29H25BrN4O4. The molecule has 2 amide bonds. The predicted octanol–water partition coefficient (Wildman–Crippen LogP) is 6.00. The first-order valence-electron chi connectivity index (χ1n) is 12.2. The molecule has 1 aromatic heterocycles. The molecule has 0 bridgehead atoms. The Hall–Kier alpha value is -4.16. The van der Waals surface area contributed by atoms with E-state index in [1.807, 2.05) is 44.2 Å². The standard InChI is InChI=1S/C29H25BrN4O4/c1-17(2)23-11-18(13-31)12-25-26(23)38-28(33-25)20-9-7-19(8-10-20)27(35)32-14-22-16-34(29(36)37-22)15-21-5-3-4-6-24(21)30/h3-12,17,22H,14-16H2,1-2H3,(H,32,35). The highest BCUT2D eigenvalue weighted by molar-refractivity contribution is 9.10. The van der Waals surface area contributed by atoms with Crippen molar-refractivity contribution in [1.82, 2.24) is 15.2 Å². The van der Waals surface area contributed by atoms with Gasteiger partial charge in [0.15, 0.2) is 5.58 Å². The van der Waals surface area contributed by atoms with Crippen LogP contribution in [0.1, 0.15) is 46.8 Å². The van der Waals surface area contributed by atoms with Crippen LogP contribution in [0.2, 0.25) is 0 Å². The zero-order valence-electron chi connectivity index (χ0n) is 20.9. The number of cyclic esters (lactones) is 1. The zero-order valence-corrected chi connectivity index (χ0v) is 22.5. The second kappa shape index (κ2) is 10.7. The van der Waals surface area contributed by atoms with E-state index in [-0.39, 0.29) is 18.4 Å². The Bertz CT molecular complexity index is 1560. The van der Waals surface area contributed by atoms with Crippen molar-refractivity contribution in [2.45, 2.75) is 32.4 Å². The first-order valence-corrected chi connectivity index (χ1v) is 13.0. The van der Waals surface area contributed by atoms with Gasteiger partial charge in [-0.1, -0.05) is 48.0 Å². The van der Waals surface area contributed by atoms with E-state index in [1.54, 1.807) is 35.2 Å². The number of nitrogens with zero attached hydrogens (tertiary/aromatic N) is 3. The molecule has 1 fully saturated rings. The lowest BCUT2D eigenvalue weighted by Gasteiger charge is -2.14. The smallest absolute Gasteiger partial charge is 0.410 e. The molecule has 1 aliphatic heterocycles. The number of amides is 2. The number of carbonyl (C=O) groups is 2. The Balaban J connectivity index is 1.22. The molecule has 0 spiro atoms. The van der Waals surface area contributed by atoms with Gasteiger partial charge in [-0.2, -0.15) is 5.26 Å². The summed E-state index contributed by atoms with van der Waals surface area (Å²) in [5, 5.41) is 12.2. The number of nitrogens with one attached hydrogen (secondary N) is 1. The molecule has 9 heteroatoms. The van der Waals surface area contributed by atoms with E-state index in [0.717, 1.165) is 21.2 Å². The molecule has 1 aliphatic rings. The van der Waals surface area contributed by atoms with Crippen LogP contribution in [0.25, 0.3) is 22.6 Å². The van der Waals surface area contributed by atoms with Crippen LogP contribution in [0.15, 0.2) is 69.6 Å². The monoisotopic (exact) mass is 572 g/mol. The first kappa shape index (κ1) is 25.5. The van der Waals surface area contributed by atoms with Gasteiger partial charge >= 0.3 is 6.09 Å². The number of benzene rings is 3. The predicted molar refractivity (Wildman–Crippen MR) is 145 cm³/mol. The molecule has 0 aliphatic carbocycles. The average Bonchev–Trinajstić information content (AvgIpc) is 3.51. The summed E-state index contributed by atoms with van der Waals surface area (Å²) in [5.41, 5.74) is 4.93. The van der Waals surface area contributed by atoms with E-state index >= 15 is 0 Å². The fourth-order valence-electron chi connectivity index (χ4n) is 4.39. The highest BCUT2D eigenvalue weighted by atomic mass is 79.9. The molecule has 5 rings (SSSR count). The first-order chi connectivity index (χ1) is 18.3. The molecule has 1 N–H and O–H groups in total. The summed E-state index contributed by atoms with van der Waals surface area (Å²) >= 11 is 3.50. The van der Waals surface area contributed by atoms with Crippen molar-refractivity contribution in [2.75, 3.05) is 13.1 Å². The molecule has 1 saturated heterocycles. The highest BCUT2D eigenvalue weighted by Gasteiger charge is 2.31. The van der Waals surface area contributed by atoms with Crippen molar-refractivity contribution in [3.8, 4) is 17.5 Å². The number of hydrogen-bond donors (Lipinski definition) is 1. The normalized spacial score (nSPS) is 15.1. The number of nitriles is 1. The van der Waals surface area contributed by atoms with Crippen LogP contribution in [0.5, 0.6) is 0 Å². The maximum atomic E-state index is 12.7. The number of aromatic nitrogens is 1. The van der Waals surface area contributed by atoms with E-state index in [9.17, 15) is 14.9 Å². The Morgan fingerprint density at radius 1 is 1.21 bits per heavy atom. The molecule has 38 heavy (non-hydrogen) atoms. The van der Waals surface area contributed by atoms with Crippen molar-refractivity contribution in [2.24, 2.45) is 0 Å². The minimum absolute atomic E-state index is 0.170. The molecule has 8 nitrogen and oxygen atoms in total. The van der Waals surface area contributed by atoms with Gasteiger partial charge in [0.05, 0.1) is 31.3 Å². The summed E-state index contributed by atoms with van der Waals surface area (Å²) in [6, 6.07) is 20.4. The number of carbonyl (C=O) groups excluding carboxylic acids is 2. The molecule has 0 saturated carbocycles. The second-order valence-corrected chi connectivity index (χ2v) is 10.3. The van der Waals surface area contributed by atoms with Gasteiger partial charge < -0.3 is 19.4 Å². The molecular weight excluding hydrogens is 548 g/mol. The molecule has 1 atom stereocenters. The van der Waals surface area contributed by atoms with E-state index in [0.29, 0.717) is 41.2 Å². The summed E-state index contributed by atoms with van der Waals surface area (Å²) < 4.78 is 12.4. The largest absolute Gasteiger partial charge is 0.442 e. The van der Waals surface area contributed by atoms with Crippen LogP contribution < -0.4 is 5.32 Å². The Kier molecular flexibility index (Phi) is 7.16. The van der Waals surface area contributed by atoms with Gasteiger partial charge in [0.1, 0.15) is 11.6 Å². The number of halogens is 1. The number of fused-ring (bicyclic) bond motifs is 1. The van der Waals surface area contributed by atoms with E-state index in [4.69, 9.17) is 9.15 Å². The molecule has 0 radical (unpaired) electrons. The van der Waals surface area contributed by atoms with Crippen molar-refractivity contribution in [3.63, 3.8) is 0 Å². The van der Waals surface area contributed by atoms with Gasteiger partial charge in [-0.05, 0) is 53.9 Å². The third-order valence-corrected chi connectivity index (χ3v) is 7.20. The fourth-order valence-corrected chi connectivity index (χ4v) is 4.80. The lowest BCUT2D eigenvalue weighted by atomic mass is 10.00. The van der Waals surface area contributed by atoms with E-state index in [2.05, 4.69) is 32.3 Å². The van der Waals surface area contributed by atoms with Gasteiger partial charge in [-0.25, -0.2) is 9.78 Å². The van der Waals surface area contributed by atoms with Gasteiger partial charge in [-0.15, -0.1) is 0 Å². The minimum atomic E-state index is -0.429. The van der Waals surface area contributed by atoms with Crippen LogP contribution in [-0.2, 0) is 11.3 Å². The maximum Gasteiger partial charge on any atom is 0.410 e. The third kappa shape index (κ3) is 5.27. The molecule has 3 aromatic carbocycles. The lowest BCUT2D eigenvalue weighted by Crippen LogP contribution is -2.34. The molecule has 4 aromatic rings. The van der Waals surface area contributed by atoms with E-state index in [1.165, 1.54) is 0 Å². The Morgan fingerprint density at radius 3 is 2.68 bits per heavy atom. The Morgan fingerprint density at radius 2 is 1.97 bits per heavy atom. The SMILES string of the molecule is CC(C)c1cc(C#N)cc2nc(-c3ccc(C(=O)NCC4CN(Cc5ccccc5Br)C(=O)O4)cc3)oc12. The van der Waals surface area contributed by atoms with Crippen molar-refractivity contribution in [1.29, 1.82) is 5.26 Å². The fraction of sp³-hybridized carbons (Fsp3) is 0.241. The summed E-state index contributed by atoms with van der Waals surface area (Å²) in [4.78, 5) is 31.2. The van der Waals surface area contributed by atoms with Crippen molar-refractivity contribution < 1.29 is 18.7 Å². The maximum absolute atomic E-state index is 12.7. The van der Waals surface area contributed by atoms with Gasteiger partial charge in [0, 0.05) is 21.2 Å². The number of ether oxygens (including phenoxy) is 1. The number of hydrogen-bond acceptors (Lipinski definition) is 6. The summed E-state index contributed by atoms with van der Waals surface area (Å²) in [7, 11) is 0. The third-order valence-electron chi connectivity index (χ3n) is 6.42. The summed E-state index contributed by atoms with van der Waals surface area (Å²) in [5.74, 6) is 0.325. The number of rotatable bonds is 7. The average molecular weight is 573 g/mol. The molecule has 2 heterocycles. The minimum Gasteiger partial charge on any atom is -0.442 e. The number of oxazole rings is 1. The molecule has 1 unspecified atom stereocenters. The van der Waals surface area contributed by atoms with Crippen LogP contribution in [0.4, 0.5) is 4.79 Å². The van der Waals surface area contributed by atoms with Crippen molar-refractivity contribution in [3.05, 3.63) is 87.4 Å². The topological polar surface area (TPSA) is 108 Å². The van der Waals surface area contributed by atoms with Crippen LogP contribution >= 0.6 is 15.9 Å². The van der Waals surface area contributed by atoms with Gasteiger partial charge in [-0.3, -0.25) is 4.79 Å². The zero-order chi connectivity index (χ0) is 26.8. The van der Waals surface area contributed by atoms with Crippen molar-refractivity contribution >= 4 is 39.0 Å². The highest BCUT2D eigenvalue weighted by Crippen LogP contribution is 2.31.